The van der Waals surface area contributed by atoms with E-state index in [9.17, 15) is 0 Å². The van der Waals surface area contributed by atoms with Gasteiger partial charge in [-0.1, -0.05) is 6.92 Å². The van der Waals surface area contributed by atoms with Crippen LogP contribution in [-0.4, -0.2) is 62.7 Å². The molecule has 0 atom stereocenters. The van der Waals surface area contributed by atoms with Crippen molar-refractivity contribution in [3.63, 3.8) is 0 Å². The van der Waals surface area contributed by atoms with Gasteiger partial charge in [-0.3, -0.25) is 4.68 Å². The van der Waals surface area contributed by atoms with E-state index in [1.165, 1.54) is 22.8 Å². The summed E-state index contributed by atoms with van der Waals surface area (Å²) in [6, 6.07) is 0. The topological polar surface area (TPSA) is 74.5 Å². The fourth-order valence-corrected chi connectivity index (χ4v) is 4.05. The van der Waals surface area contributed by atoms with Crippen LogP contribution in [0.2, 0.25) is 0 Å². The van der Waals surface area contributed by atoms with Gasteiger partial charge in [-0.25, -0.2) is 9.98 Å². The fraction of sp³-hybridized carbons (Fsp3) is 0.667. The quantitative estimate of drug-likeness (QED) is 0.619. The Morgan fingerprint density at radius 1 is 1.19 bits per heavy atom. The molecular formula is C18H30N8S. The van der Waals surface area contributed by atoms with Crippen molar-refractivity contribution in [2.45, 2.75) is 40.7 Å². The Kier molecular flexibility index (Phi) is 6.30. The number of hydrogen-bond acceptors (Lipinski definition) is 6. The third-order valence-electron chi connectivity index (χ3n) is 5.00. The lowest BCUT2D eigenvalue weighted by Gasteiger charge is -2.36. The summed E-state index contributed by atoms with van der Waals surface area (Å²) in [5.74, 6) is 1.92. The molecule has 0 amide bonds. The van der Waals surface area contributed by atoms with E-state index in [0.717, 1.165) is 61.8 Å². The van der Waals surface area contributed by atoms with Gasteiger partial charge < -0.3 is 15.1 Å². The first-order valence-electron chi connectivity index (χ1n) is 9.63. The lowest BCUT2D eigenvalue weighted by atomic mass is 10.2. The molecule has 1 N–H and O–H groups in total. The molecule has 0 aromatic carbocycles. The maximum absolute atomic E-state index is 4.89. The summed E-state index contributed by atoms with van der Waals surface area (Å²) in [4.78, 5) is 14.2. The van der Waals surface area contributed by atoms with Gasteiger partial charge in [0, 0.05) is 69.0 Å². The monoisotopic (exact) mass is 390 g/mol. The first-order chi connectivity index (χ1) is 13.0. The molecule has 0 unspecified atom stereocenters. The van der Waals surface area contributed by atoms with Crippen LogP contribution in [0.4, 0.5) is 5.13 Å². The van der Waals surface area contributed by atoms with Gasteiger partial charge in [0.1, 0.15) is 5.82 Å². The molecule has 27 heavy (non-hydrogen) atoms. The number of anilines is 1. The molecule has 1 saturated heterocycles. The summed E-state index contributed by atoms with van der Waals surface area (Å²) in [7, 11) is 1.98. The Balaban J connectivity index is 1.65. The molecule has 0 spiro atoms. The van der Waals surface area contributed by atoms with Crippen molar-refractivity contribution in [1.29, 1.82) is 0 Å². The van der Waals surface area contributed by atoms with Crippen molar-refractivity contribution in [3.8, 4) is 0 Å². The summed E-state index contributed by atoms with van der Waals surface area (Å²) in [6.07, 6.45) is 0.890. The van der Waals surface area contributed by atoms with Gasteiger partial charge in [-0.15, -0.1) is 0 Å². The van der Waals surface area contributed by atoms with Crippen molar-refractivity contribution >= 4 is 22.6 Å². The average molecular weight is 391 g/mol. The van der Waals surface area contributed by atoms with Crippen LogP contribution in [-0.2, 0) is 20.0 Å². The molecule has 1 aliphatic rings. The van der Waals surface area contributed by atoms with Gasteiger partial charge >= 0.3 is 0 Å². The van der Waals surface area contributed by atoms with Crippen LogP contribution in [0.5, 0.6) is 0 Å². The number of nitrogens with one attached hydrogen (secondary N) is 1. The lowest BCUT2D eigenvalue weighted by Crippen LogP contribution is -2.52. The highest BCUT2D eigenvalue weighted by Gasteiger charge is 2.22. The van der Waals surface area contributed by atoms with Crippen LogP contribution in [0.3, 0.4) is 0 Å². The molecule has 3 heterocycles. The third-order valence-corrected chi connectivity index (χ3v) is 5.82. The predicted octanol–water partition coefficient (Wildman–Crippen LogP) is 1.74. The van der Waals surface area contributed by atoms with Crippen LogP contribution in [0.15, 0.2) is 4.99 Å². The summed E-state index contributed by atoms with van der Waals surface area (Å²) >= 11 is 1.50. The van der Waals surface area contributed by atoms with E-state index in [1.807, 2.05) is 11.7 Å². The number of aliphatic imine (C=N–C) groups is 1. The Labute approximate surface area is 165 Å². The maximum Gasteiger partial charge on any atom is 0.205 e. The van der Waals surface area contributed by atoms with Gasteiger partial charge in [0.15, 0.2) is 5.96 Å². The normalized spacial score (nSPS) is 15.5. The number of piperazine rings is 1. The zero-order valence-corrected chi connectivity index (χ0v) is 17.8. The molecule has 8 nitrogen and oxygen atoms in total. The first kappa shape index (κ1) is 19.6. The molecule has 0 saturated carbocycles. The lowest BCUT2D eigenvalue weighted by molar-refractivity contribution is 0.372. The van der Waals surface area contributed by atoms with Crippen LogP contribution in [0.25, 0.3) is 0 Å². The van der Waals surface area contributed by atoms with E-state index >= 15 is 0 Å². The molecule has 148 valence electrons. The molecule has 2 aromatic heterocycles. The number of guanidine groups is 1. The summed E-state index contributed by atoms with van der Waals surface area (Å²) in [5, 5.41) is 8.97. The highest BCUT2D eigenvalue weighted by atomic mass is 32.1. The van der Waals surface area contributed by atoms with Crippen molar-refractivity contribution in [2.24, 2.45) is 12.0 Å². The van der Waals surface area contributed by atoms with Crippen molar-refractivity contribution in [3.05, 3.63) is 22.8 Å². The largest absolute Gasteiger partial charge is 0.357 e. The SMILES string of the molecule is CCNC(=NCc1c(C)nn(C)c1C)N1CCN(c2nc(CC)ns2)CC1. The molecule has 0 radical (unpaired) electrons. The summed E-state index contributed by atoms with van der Waals surface area (Å²) in [6.45, 7) is 13.6. The Bertz CT molecular complexity index is 785. The second-order valence-corrected chi connectivity index (χ2v) is 7.49. The average Bonchev–Trinajstić information content (AvgIpc) is 3.25. The maximum atomic E-state index is 4.89. The zero-order valence-electron chi connectivity index (χ0n) is 17.0. The summed E-state index contributed by atoms with van der Waals surface area (Å²) in [5.41, 5.74) is 3.45. The Morgan fingerprint density at radius 3 is 2.48 bits per heavy atom. The zero-order chi connectivity index (χ0) is 19.4. The van der Waals surface area contributed by atoms with E-state index in [-0.39, 0.29) is 0 Å². The predicted molar refractivity (Wildman–Crippen MR) is 111 cm³/mol. The Morgan fingerprint density at radius 2 is 1.93 bits per heavy atom. The van der Waals surface area contributed by atoms with Crippen LogP contribution >= 0.6 is 11.5 Å². The molecule has 1 aliphatic heterocycles. The number of nitrogens with zero attached hydrogens (tertiary/aromatic N) is 7. The van der Waals surface area contributed by atoms with E-state index in [1.54, 1.807) is 0 Å². The van der Waals surface area contributed by atoms with E-state index in [0.29, 0.717) is 6.54 Å². The number of rotatable bonds is 5. The molecule has 0 bridgehead atoms. The highest BCUT2D eigenvalue weighted by molar-refractivity contribution is 7.09. The highest BCUT2D eigenvalue weighted by Crippen LogP contribution is 2.19. The minimum Gasteiger partial charge on any atom is -0.357 e. The molecule has 3 rings (SSSR count). The second kappa shape index (κ2) is 8.69. The van der Waals surface area contributed by atoms with E-state index < -0.39 is 0 Å². The smallest absolute Gasteiger partial charge is 0.205 e. The van der Waals surface area contributed by atoms with Crippen LogP contribution in [0.1, 0.15) is 36.6 Å². The van der Waals surface area contributed by atoms with Gasteiger partial charge in [-0.2, -0.15) is 9.47 Å². The van der Waals surface area contributed by atoms with Crippen molar-refractivity contribution in [1.82, 2.24) is 29.4 Å². The van der Waals surface area contributed by atoms with Crippen LogP contribution in [0, 0.1) is 13.8 Å². The molecule has 2 aromatic rings. The molecule has 9 heteroatoms. The second-order valence-electron chi connectivity index (χ2n) is 6.76. The molecular weight excluding hydrogens is 360 g/mol. The number of hydrogen-bond donors (Lipinski definition) is 1. The number of aryl methyl sites for hydroxylation is 3. The molecule has 1 fully saturated rings. The molecule has 0 aliphatic carbocycles. The van der Waals surface area contributed by atoms with Gasteiger partial charge in [-0.05, 0) is 20.8 Å². The standard InChI is InChI=1S/C18H30N8S/c1-6-16-21-18(27-23-16)26-10-8-25(9-11-26)17(19-7-2)20-12-15-13(3)22-24(5)14(15)4/h6-12H2,1-5H3,(H,19,20). The Hall–Kier alpha value is -2.16. The van der Waals surface area contributed by atoms with E-state index in [4.69, 9.17) is 4.99 Å². The van der Waals surface area contributed by atoms with Gasteiger partial charge in [0.05, 0.1) is 12.2 Å². The summed E-state index contributed by atoms with van der Waals surface area (Å²) < 4.78 is 6.34. The van der Waals surface area contributed by atoms with Gasteiger partial charge in [0.25, 0.3) is 0 Å². The van der Waals surface area contributed by atoms with Crippen molar-refractivity contribution in [2.75, 3.05) is 37.6 Å². The minimum atomic E-state index is 0.657. The third kappa shape index (κ3) is 4.40. The van der Waals surface area contributed by atoms with E-state index in [2.05, 4.69) is 57.3 Å². The van der Waals surface area contributed by atoms with Crippen molar-refractivity contribution < 1.29 is 0 Å². The number of aromatic nitrogens is 4. The first-order valence-corrected chi connectivity index (χ1v) is 10.4. The fourth-order valence-electron chi connectivity index (χ4n) is 3.25. The van der Waals surface area contributed by atoms with Gasteiger partial charge in [0.2, 0.25) is 5.13 Å². The van der Waals surface area contributed by atoms with Crippen LogP contribution < -0.4 is 10.2 Å². The minimum absolute atomic E-state index is 0.657.